The predicted octanol–water partition coefficient (Wildman–Crippen LogP) is 3.09. The Morgan fingerprint density at radius 1 is 1.26 bits per heavy atom. The molecule has 0 aliphatic carbocycles. The van der Waals surface area contributed by atoms with E-state index in [0.29, 0.717) is 37.9 Å². The van der Waals surface area contributed by atoms with Gasteiger partial charge in [0.05, 0.1) is 12.5 Å². The monoisotopic (exact) mass is 429 g/mol. The quantitative estimate of drug-likeness (QED) is 0.596. The molecule has 3 rings (SSSR count). The number of carboxylic acids is 1. The number of benzene rings is 1. The molecule has 2 aliphatic heterocycles. The molecule has 1 amide bonds. The molecule has 0 radical (unpaired) electrons. The number of amides is 1. The Hall–Kier alpha value is -2.41. The van der Waals surface area contributed by atoms with Crippen LogP contribution in [-0.4, -0.2) is 59.1 Å². The molecule has 2 heterocycles. The molecule has 1 aromatic carbocycles. The maximum absolute atomic E-state index is 12.3. The second kappa shape index (κ2) is 10.8. The normalized spacial score (nSPS) is 24.6. The van der Waals surface area contributed by atoms with E-state index < -0.39 is 12.0 Å². The molecule has 4 atom stereocenters. The first-order valence-electron chi connectivity index (χ1n) is 11.4. The van der Waals surface area contributed by atoms with Gasteiger partial charge < -0.3 is 15.2 Å². The summed E-state index contributed by atoms with van der Waals surface area (Å²) in [6, 6.07) is 8.90. The summed E-state index contributed by atoms with van der Waals surface area (Å²) in [4.78, 5) is 31.0. The van der Waals surface area contributed by atoms with Gasteiger partial charge in [0.25, 0.3) is 0 Å². The topological polar surface area (TPSA) is 91.2 Å². The van der Waals surface area contributed by atoms with Crippen LogP contribution in [0.4, 0.5) is 0 Å². The molecular weight excluding hydrogens is 394 g/mol. The molecule has 7 heteroatoms. The lowest BCUT2D eigenvalue weighted by atomic mass is 9.85. The van der Waals surface area contributed by atoms with Crippen molar-refractivity contribution in [1.29, 1.82) is 0 Å². The van der Waals surface area contributed by atoms with E-state index in [1.807, 2.05) is 30.3 Å². The maximum Gasteiger partial charge on any atom is 0.320 e. The number of aliphatic carboxylic acids is 1. The van der Waals surface area contributed by atoms with E-state index in [9.17, 15) is 14.7 Å². The summed E-state index contributed by atoms with van der Waals surface area (Å²) >= 11 is 0. The number of hydrogen-bond donors (Lipinski definition) is 2. The minimum absolute atomic E-state index is 0.0950. The number of ether oxygens (including phenoxy) is 1. The summed E-state index contributed by atoms with van der Waals surface area (Å²) < 4.78 is 5.82. The molecule has 2 aliphatic rings. The number of likely N-dealkylation sites (tertiary alicyclic amines) is 1. The number of aliphatic imine (C=N–C) groups is 1. The van der Waals surface area contributed by atoms with Crippen LogP contribution in [0.15, 0.2) is 35.3 Å². The smallest absolute Gasteiger partial charge is 0.320 e. The molecule has 7 nitrogen and oxygen atoms in total. The summed E-state index contributed by atoms with van der Waals surface area (Å²) in [5, 5.41) is 13.2. The number of hydrogen-bond acceptors (Lipinski definition) is 5. The fourth-order valence-electron chi connectivity index (χ4n) is 5.07. The van der Waals surface area contributed by atoms with E-state index in [2.05, 4.69) is 29.1 Å². The second-order valence-electron chi connectivity index (χ2n) is 8.64. The molecule has 2 N–H and O–H groups in total. The molecule has 1 saturated heterocycles. The highest BCUT2D eigenvalue weighted by Crippen LogP contribution is 2.38. The number of carbonyl (C=O) groups excluding carboxylic acids is 1. The third kappa shape index (κ3) is 5.64. The van der Waals surface area contributed by atoms with Crippen molar-refractivity contribution in [3.63, 3.8) is 0 Å². The van der Waals surface area contributed by atoms with Crippen LogP contribution in [0.1, 0.15) is 52.0 Å². The molecule has 0 saturated carbocycles. The third-order valence-corrected chi connectivity index (χ3v) is 6.63. The molecular formula is C24H35N3O4. The lowest BCUT2D eigenvalue weighted by Crippen LogP contribution is -2.54. The van der Waals surface area contributed by atoms with Gasteiger partial charge >= 0.3 is 5.97 Å². The summed E-state index contributed by atoms with van der Waals surface area (Å²) in [7, 11) is 0. The number of carbonyl (C=O) groups is 2. The average Bonchev–Trinajstić information content (AvgIpc) is 3.39. The molecule has 0 spiro atoms. The highest BCUT2D eigenvalue weighted by Gasteiger charge is 2.51. The van der Waals surface area contributed by atoms with Crippen molar-refractivity contribution in [2.45, 2.75) is 71.1 Å². The lowest BCUT2D eigenvalue weighted by Gasteiger charge is -2.37. The fourth-order valence-corrected chi connectivity index (χ4v) is 5.07. The third-order valence-electron chi connectivity index (χ3n) is 6.63. The van der Waals surface area contributed by atoms with Gasteiger partial charge in [0.15, 0.2) is 5.90 Å². The zero-order valence-corrected chi connectivity index (χ0v) is 18.8. The molecule has 170 valence electrons. The van der Waals surface area contributed by atoms with Crippen LogP contribution in [0.25, 0.3) is 0 Å². The van der Waals surface area contributed by atoms with Crippen LogP contribution < -0.4 is 5.32 Å². The molecule has 0 bridgehead atoms. The van der Waals surface area contributed by atoms with E-state index in [1.54, 1.807) is 0 Å². The van der Waals surface area contributed by atoms with Crippen LogP contribution in [0.5, 0.6) is 0 Å². The van der Waals surface area contributed by atoms with Gasteiger partial charge in [-0.2, -0.15) is 0 Å². The largest absolute Gasteiger partial charge is 0.480 e. The summed E-state index contributed by atoms with van der Waals surface area (Å²) in [5.74, 6) is 0.00480. The first-order valence-corrected chi connectivity index (χ1v) is 11.4. The Kier molecular flexibility index (Phi) is 8.07. The van der Waals surface area contributed by atoms with Gasteiger partial charge in [0, 0.05) is 25.6 Å². The first kappa shape index (κ1) is 23.3. The van der Waals surface area contributed by atoms with Gasteiger partial charge in [-0.15, -0.1) is 0 Å². The van der Waals surface area contributed by atoms with Crippen molar-refractivity contribution >= 4 is 17.8 Å². The van der Waals surface area contributed by atoms with Gasteiger partial charge in [-0.1, -0.05) is 57.0 Å². The Bertz CT molecular complexity index is 778. The van der Waals surface area contributed by atoms with Crippen molar-refractivity contribution in [3.8, 4) is 0 Å². The summed E-state index contributed by atoms with van der Waals surface area (Å²) in [6.45, 7) is 7.50. The Balaban J connectivity index is 2.00. The lowest BCUT2D eigenvalue weighted by molar-refractivity contribution is -0.143. The molecule has 1 aromatic rings. The van der Waals surface area contributed by atoms with Crippen molar-refractivity contribution in [2.24, 2.45) is 16.8 Å². The van der Waals surface area contributed by atoms with Crippen molar-refractivity contribution in [2.75, 3.05) is 13.2 Å². The zero-order chi connectivity index (χ0) is 22.4. The van der Waals surface area contributed by atoms with Gasteiger partial charge in [-0.05, 0) is 24.3 Å². The molecule has 0 aromatic heterocycles. The average molecular weight is 430 g/mol. The Morgan fingerprint density at radius 2 is 1.97 bits per heavy atom. The van der Waals surface area contributed by atoms with Crippen molar-refractivity contribution in [1.82, 2.24) is 10.2 Å². The predicted molar refractivity (Wildman–Crippen MR) is 120 cm³/mol. The van der Waals surface area contributed by atoms with E-state index in [0.717, 1.165) is 24.8 Å². The van der Waals surface area contributed by atoms with Crippen LogP contribution in [0, 0.1) is 11.8 Å². The second-order valence-corrected chi connectivity index (χ2v) is 8.64. The van der Waals surface area contributed by atoms with E-state index in [1.165, 1.54) is 6.92 Å². The summed E-state index contributed by atoms with van der Waals surface area (Å²) in [6.07, 6.45) is 3.27. The highest BCUT2D eigenvalue weighted by atomic mass is 16.5. The van der Waals surface area contributed by atoms with Crippen LogP contribution in [0.3, 0.4) is 0 Å². The molecule has 3 unspecified atom stereocenters. The van der Waals surface area contributed by atoms with Gasteiger partial charge in [-0.25, -0.2) is 0 Å². The Morgan fingerprint density at radius 3 is 2.52 bits per heavy atom. The number of carboxylic acid groups (broad SMARTS) is 1. The number of nitrogens with zero attached hydrogens (tertiary/aromatic N) is 2. The van der Waals surface area contributed by atoms with Crippen LogP contribution >= 0.6 is 0 Å². The van der Waals surface area contributed by atoms with Gasteiger partial charge in [0.1, 0.15) is 12.6 Å². The van der Waals surface area contributed by atoms with Gasteiger partial charge in [0.2, 0.25) is 5.91 Å². The highest BCUT2D eigenvalue weighted by molar-refractivity contribution is 5.84. The maximum atomic E-state index is 12.3. The summed E-state index contributed by atoms with van der Waals surface area (Å²) in [5.41, 5.74) is 1.05. The van der Waals surface area contributed by atoms with E-state index in [-0.39, 0.29) is 23.9 Å². The Labute approximate surface area is 184 Å². The van der Waals surface area contributed by atoms with E-state index in [4.69, 9.17) is 4.74 Å². The zero-order valence-electron chi connectivity index (χ0n) is 18.8. The molecule has 31 heavy (non-hydrogen) atoms. The number of rotatable bonds is 10. The van der Waals surface area contributed by atoms with Crippen LogP contribution in [0.2, 0.25) is 0 Å². The van der Waals surface area contributed by atoms with Gasteiger partial charge in [-0.3, -0.25) is 19.5 Å². The molecule has 1 fully saturated rings. The van der Waals surface area contributed by atoms with Crippen molar-refractivity contribution in [3.05, 3.63) is 35.9 Å². The fraction of sp³-hybridized carbons (Fsp3) is 0.625. The minimum Gasteiger partial charge on any atom is -0.480 e. The minimum atomic E-state index is -0.842. The standard InChI is InChI=1S/C24H35N3O4/c1-4-17(5-2)13-20(26-16(3)28)22-19(23-25-11-12-31-23)14-21(24(29)30)27(22)15-18-9-7-6-8-10-18/h6-10,17,19-22H,4-5,11-15H2,1-3H3,(H,26,28)(H,29,30)/t19?,20?,21-,22?/m0/s1. The van der Waals surface area contributed by atoms with E-state index >= 15 is 0 Å². The number of nitrogens with one attached hydrogen (secondary N) is 1. The van der Waals surface area contributed by atoms with Crippen molar-refractivity contribution < 1.29 is 19.4 Å². The first-order chi connectivity index (χ1) is 14.9. The SMILES string of the molecule is CCC(CC)CC(NC(C)=O)C1C(C2=NCCO2)C[C@@H](C(=O)O)N1Cc1ccccc1. The van der Waals surface area contributed by atoms with Crippen LogP contribution in [-0.2, 0) is 20.9 Å².